The van der Waals surface area contributed by atoms with E-state index in [9.17, 15) is 5.11 Å². The summed E-state index contributed by atoms with van der Waals surface area (Å²) in [7, 11) is 5.97. The Hall–Kier alpha value is -1.10. The van der Waals surface area contributed by atoms with Gasteiger partial charge < -0.3 is 19.6 Å². The van der Waals surface area contributed by atoms with Crippen LogP contribution >= 0.6 is 0 Å². The molecule has 1 saturated heterocycles. The van der Waals surface area contributed by atoms with Crippen molar-refractivity contribution in [2.75, 3.05) is 40.8 Å². The van der Waals surface area contributed by atoms with Crippen LogP contribution in [0.25, 0.3) is 0 Å². The van der Waals surface area contributed by atoms with Crippen LogP contribution in [0.5, 0.6) is 5.75 Å². The van der Waals surface area contributed by atoms with Crippen molar-refractivity contribution < 1.29 is 9.84 Å². The van der Waals surface area contributed by atoms with E-state index in [1.807, 2.05) is 13.0 Å². The molecule has 1 fully saturated rings. The number of hydrogen-bond acceptors (Lipinski definition) is 4. The average molecular weight is 306 g/mol. The van der Waals surface area contributed by atoms with Crippen molar-refractivity contribution in [1.82, 2.24) is 9.80 Å². The second-order valence-corrected chi connectivity index (χ2v) is 6.69. The van der Waals surface area contributed by atoms with Gasteiger partial charge in [0.05, 0.1) is 13.2 Å². The number of likely N-dealkylation sites (tertiary alicyclic amines) is 1. The lowest BCUT2D eigenvalue weighted by atomic mass is 9.99. The zero-order valence-corrected chi connectivity index (χ0v) is 14.6. The van der Waals surface area contributed by atoms with Gasteiger partial charge in [-0.1, -0.05) is 11.6 Å². The van der Waals surface area contributed by atoms with E-state index in [-0.39, 0.29) is 0 Å². The molecule has 1 heterocycles. The molecular weight excluding hydrogens is 276 g/mol. The Bertz CT molecular complexity index is 496. The Labute approximate surface area is 134 Å². The van der Waals surface area contributed by atoms with Crippen molar-refractivity contribution in [3.8, 4) is 5.75 Å². The zero-order chi connectivity index (χ0) is 16.3. The molecule has 4 nitrogen and oxygen atoms in total. The Kier molecular flexibility index (Phi) is 5.84. The van der Waals surface area contributed by atoms with Crippen molar-refractivity contribution in [2.45, 2.75) is 38.8 Å². The van der Waals surface area contributed by atoms with Crippen LogP contribution in [0.4, 0.5) is 0 Å². The van der Waals surface area contributed by atoms with Crippen molar-refractivity contribution in [3.63, 3.8) is 0 Å². The lowest BCUT2D eigenvalue weighted by molar-refractivity contribution is 0.0774. The quantitative estimate of drug-likeness (QED) is 0.906. The number of hydrogen-bond donors (Lipinski definition) is 1. The number of piperidine rings is 1. The maximum absolute atomic E-state index is 10.7. The largest absolute Gasteiger partial charge is 0.496 e. The zero-order valence-electron chi connectivity index (χ0n) is 14.6. The maximum atomic E-state index is 10.7. The van der Waals surface area contributed by atoms with Crippen LogP contribution in [0.15, 0.2) is 12.1 Å². The summed E-state index contributed by atoms with van der Waals surface area (Å²) >= 11 is 0. The fourth-order valence-electron chi connectivity index (χ4n) is 3.47. The van der Waals surface area contributed by atoms with Gasteiger partial charge in [0.2, 0.25) is 0 Å². The molecule has 1 aromatic rings. The highest BCUT2D eigenvalue weighted by atomic mass is 16.5. The molecule has 0 bridgehead atoms. The first kappa shape index (κ1) is 17.3. The Morgan fingerprint density at radius 2 is 1.95 bits per heavy atom. The minimum Gasteiger partial charge on any atom is -0.496 e. The molecule has 0 amide bonds. The van der Waals surface area contributed by atoms with Gasteiger partial charge in [-0.05, 0) is 65.5 Å². The molecule has 1 atom stereocenters. The van der Waals surface area contributed by atoms with Gasteiger partial charge in [-0.3, -0.25) is 0 Å². The van der Waals surface area contributed by atoms with Crippen molar-refractivity contribution in [3.05, 3.63) is 28.8 Å². The van der Waals surface area contributed by atoms with E-state index in [4.69, 9.17) is 4.74 Å². The van der Waals surface area contributed by atoms with Crippen molar-refractivity contribution >= 4 is 0 Å². The number of rotatable bonds is 5. The summed E-state index contributed by atoms with van der Waals surface area (Å²) < 4.78 is 5.51. The number of benzene rings is 1. The van der Waals surface area contributed by atoms with E-state index in [0.717, 1.165) is 35.5 Å². The van der Waals surface area contributed by atoms with Crippen LogP contribution in [0.1, 0.15) is 35.6 Å². The molecule has 1 N–H and O–H groups in total. The van der Waals surface area contributed by atoms with Gasteiger partial charge in [0.15, 0.2) is 0 Å². The number of aliphatic hydroxyl groups is 1. The fraction of sp³-hybridized carbons (Fsp3) is 0.667. The predicted octanol–water partition coefficient (Wildman–Crippen LogP) is 2.37. The number of aryl methyl sites for hydroxylation is 2. The van der Waals surface area contributed by atoms with Gasteiger partial charge in [-0.2, -0.15) is 0 Å². The van der Waals surface area contributed by atoms with E-state index >= 15 is 0 Å². The van der Waals surface area contributed by atoms with Gasteiger partial charge in [0.25, 0.3) is 0 Å². The first-order chi connectivity index (χ1) is 10.4. The number of methoxy groups -OCH3 is 1. The second-order valence-electron chi connectivity index (χ2n) is 6.69. The summed E-state index contributed by atoms with van der Waals surface area (Å²) in [4.78, 5) is 4.67. The summed E-state index contributed by atoms with van der Waals surface area (Å²) in [5, 5.41) is 10.7. The average Bonchev–Trinajstić information content (AvgIpc) is 2.47. The van der Waals surface area contributed by atoms with E-state index in [1.165, 1.54) is 12.8 Å². The minimum absolute atomic E-state index is 0.516. The van der Waals surface area contributed by atoms with E-state index in [0.29, 0.717) is 12.6 Å². The molecule has 1 unspecified atom stereocenters. The molecule has 0 spiro atoms. The molecule has 22 heavy (non-hydrogen) atoms. The van der Waals surface area contributed by atoms with Crippen LogP contribution in [0, 0.1) is 13.8 Å². The monoisotopic (exact) mass is 306 g/mol. The summed E-state index contributed by atoms with van der Waals surface area (Å²) in [6.07, 6.45) is 1.83. The van der Waals surface area contributed by atoms with E-state index in [2.05, 4.69) is 36.9 Å². The topological polar surface area (TPSA) is 35.9 Å². The smallest absolute Gasteiger partial charge is 0.127 e. The van der Waals surface area contributed by atoms with Gasteiger partial charge in [0.1, 0.15) is 5.75 Å². The molecular formula is C18H30N2O2. The molecule has 0 aromatic heterocycles. The third-order valence-electron chi connectivity index (χ3n) is 4.78. The standard InChI is InChI=1S/C18H30N2O2/c1-13-10-14(2)18(22-5)16(11-13)17(21)12-20(4)15-6-8-19(3)9-7-15/h10-11,15,17,21H,6-9,12H2,1-5H3. The number of likely N-dealkylation sites (N-methyl/N-ethyl adjacent to an activating group) is 1. The second kappa shape index (κ2) is 7.44. The van der Waals surface area contributed by atoms with Gasteiger partial charge in [-0.15, -0.1) is 0 Å². The van der Waals surface area contributed by atoms with E-state index < -0.39 is 6.10 Å². The van der Waals surface area contributed by atoms with Gasteiger partial charge in [0, 0.05) is 18.2 Å². The molecule has 1 aliphatic rings. The fourth-order valence-corrected chi connectivity index (χ4v) is 3.47. The van der Waals surface area contributed by atoms with Crippen molar-refractivity contribution in [1.29, 1.82) is 0 Å². The third-order valence-corrected chi connectivity index (χ3v) is 4.78. The highest BCUT2D eigenvalue weighted by Gasteiger charge is 2.24. The normalized spacial score (nSPS) is 18.7. The number of nitrogens with zero attached hydrogens (tertiary/aromatic N) is 2. The highest BCUT2D eigenvalue weighted by molar-refractivity contribution is 5.45. The lowest BCUT2D eigenvalue weighted by Gasteiger charge is -2.36. The van der Waals surface area contributed by atoms with Crippen LogP contribution in [0.2, 0.25) is 0 Å². The maximum Gasteiger partial charge on any atom is 0.127 e. The number of aliphatic hydroxyl groups excluding tert-OH is 1. The lowest BCUT2D eigenvalue weighted by Crippen LogP contribution is -2.43. The van der Waals surface area contributed by atoms with E-state index in [1.54, 1.807) is 7.11 Å². The summed E-state index contributed by atoms with van der Waals surface area (Å²) in [5.41, 5.74) is 3.15. The molecule has 1 aliphatic heterocycles. The van der Waals surface area contributed by atoms with Crippen LogP contribution < -0.4 is 4.74 Å². The van der Waals surface area contributed by atoms with Gasteiger partial charge in [-0.25, -0.2) is 0 Å². The molecule has 1 aromatic carbocycles. The SMILES string of the molecule is COc1c(C)cc(C)cc1C(O)CN(C)C1CCN(C)CC1. The molecule has 2 rings (SSSR count). The molecule has 0 saturated carbocycles. The predicted molar refractivity (Wildman–Crippen MR) is 90.6 cm³/mol. The highest BCUT2D eigenvalue weighted by Crippen LogP contribution is 2.31. The molecule has 4 heteroatoms. The Balaban J connectivity index is 2.07. The molecule has 0 aliphatic carbocycles. The minimum atomic E-state index is -0.516. The first-order valence-electron chi connectivity index (χ1n) is 8.14. The van der Waals surface area contributed by atoms with Crippen molar-refractivity contribution in [2.24, 2.45) is 0 Å². The first-order valence-corrected chi connectivity index (χ1v) is 8.14. The Morgan fingerprint density at radius 1 is 1.32 bits per heavy atom. The van der Waals surface area contributed by atoms with Crippen LogP contribution in [-0.4, -0.2) is 61.8 Å². The molecule has 0 radical (unpaired) electrons. The summed E-state index contributed by atoms with van der Waals surface area (Å²) in [6, 6.07) is 4.69. The summed E-state index contributed by atoms with van der Waals surface area (Å²) in [5.74, 6) is 0.815. The third kappa shape index (κ3) is 4.00. The van der Waals surface area contributed by atoms with Gasteiger partial charge >= 0.3 is 0 Å². The summed E-state index contributed by atoms with van der Waals surface area (Å²) in [6.45, 7) is 7.01. The van der Waals surface area contributed by atoms with Crippen LogP contribution in [-0.2, 0) is 0 Å². The number of ether oxygens (including phenoxy) is 1. The molecule has 124 valence electrons. The van der Waals surface area contributed by atoms with Crippen LogP contribution in [0.3, 0.4) is 0 Å². The Morgan fingerprint density at radius 3 is 2.55 bits per heavy atom.